The molecule has 0 bridgehead atoms. The SMILES string of the molecule is CC(=O)Nc1ccc(CN2CCC(OCc3ccccn3)CC2)cc1. The van der Waals surface area contributed by atoms with E-state index in [0.29, 0.717) is 12.7 Å². The van der Waals surface area contributed by atoms with Crippen LogP contribution in [0.4, 0.5) is 5.69 Å². The number of hydrogen-bond acceptors (Lipinski definition) is 4. The number of benzene rings is 1. The van der Waals surface area contributed by atoms with Gasteiger partial charge in [-0.05, 0) is 42.7 Å². The lowest BCUT2D eigenvalue weighted by molar-refractivity contribution is -0.114. The summed E-state index contributed by atoms with van der Waals surface area (Å²) >= 11 is 0. The molecule has 0 spiro atoms. The van der Waals surface area contributed by atoms with E-state index >= 15 is 0 Å². The van der Waals surface area contributed by atoms with Crippen LogP contribution in [0.2, 0.25) is 0 Å². The second kappa shape index (κ2) is 8.74. The zero-order chi connectivity index (χ0) is 17.5. The lowest BCUT2D eigenvalue weighted by atomic mass is 10.1. The van der Waals surface area contributed by atoms with Gasteiger partial charge in [-0.25, -0.2) is 0 Å². The normalized spacial score (nSPS) is 15.9. The number of piperidine rings is 1. The van der Waals surface area contributed by atoms with Gasteiger partial charge in [0.05, 0.1) is 18.4 Å². The van der Waals surface area contributed by atoms with Crippen LogP contribution in [0.15, 0.2) is 48.7 Å². The molecular formula is C20H25N3O2. The van der Waals surface area contributed by atoms with E-state index in [2.05, 4.69) is 27.3 Å². The van der Waals surface area contributed by atoms with E-state index in [0.717, 1.165) is 43.9 Å². The topological polar surface area (TPSA) is 54.5 Å². The molecule has 1 amide bonds. The molecule has 0 radical (unpaired) electrons. The summed E-state index contributed by atoms with van der Waals surface area (Å²) in [6.45, 7) is 5.14. The molecule has 0 aliphatic carbocycles. The number of anilines is 1. The number of hydrogen-bond donors (Lipinski definition) is 1. The fourth-order valence-electron chi connectivity index (χ4n) is 3.08. The molecule has 1 aliphatic rings. The van der Waals surface area contributed by atoms with Crippen LogP contribution in [0, 0.1) is 0 Å². The number of nitrogens with one attached hydrogen (secondary N) is 1. The fourth-order valence-corrected chi connectivity index (χ4v) is 3.08. The summed E-state index contributed by atoms with van der Waals surface area (Å²) in [6.07, 6.45) is 4.23. The Hall–Kier alpha value is -2.24. The quantitative estimate of drug-likeness (QED) is 0.878. The summed E-state index contributed by atoms with van der Waals surface area (Å²) in [5, 5.41) is 2.79. The van der Waals surface area contributed by atoms with E-state index in [9.17, 15) is 4.79 Å². The van der Waals surface area contributed by atoms with E-state index in [4.69, 9.17) is 4.74 Å². The first-order valence-corrected chi connectivity index (χ1v) is 8.79. The molecule has 1 aliphatic heterocycles. The van der Waals surface area contributed by atoms with Crippen LogP contribution in [0.3, 0.4) is 0 Å². The number of nitrogens with zero attached hydrogens (tertiary/aromatic N) is 2. The van der Waals surface area contributed by atoms with Crippen molar-refractivity contribution in [2.24, 2.45) is 0 Å². The molecule has 1 fully saturated rings. The van der Waals surface area contributed by atoms with Gasteiger partial charge in [0.1, 0.15) is 0 Å². The molecule has 1 aromatic heterocycles. The minimum Gasteiger partial charge on any atom is -0.372 e. The first-order valence-electron chi connectivity index (χ1n) is 8.79. The number of amides is 1. The number of ether oxygens (including phenoxy) is 1. The molecule has 5 heteroatoms. The van der Waals surface area contributed by atoms with Crippen molar-refractivity contribution in [3.05, 3.63) is 59.9 Å². The van der Waals surface area contributed by atoms with E-state index < -0.39 is 0 Å². The molecule has 0 saturated carbocycles. The van der Waals surface area contributed by atoms with Gasteiger partial charge >= 0.3 is 0 Å². The molecular weight excluding hydrogens is 314 g/mol. The molecule has 1 saturated heterocycles. The maximum absolute atomic E-state index is 11.1. The molecule has 1 N–H and O–H groups in total. The Bertz CT molecular complexity index is 665. The van der Waals surface area contributed by atoms with Crippen molar-refractivity contribution in [3.8, 4) is 0 Å². The lowest BCUT2D eigenvalue weighted by Gasteiger charge is -2.31. The molecule has 3 rings (SSSR count). The zero-order valence-electron chi connectivity index (χ0n) is 14.6. The van der Waals surface area contributed by atoms with Crippen molar-refractivity contribution in [2.75, 3.05) is 18.4 Å². The number of carbonyl (C=O) groups excluding carboxylic acids is 1. The van der Waals surface area contributed by atoms with Gasteiger partial charge in [0, 0.05) is 38.4 Å². The molecule has 5 nitrogen and oxygen atoms in total. The van der Waals surface area contributed by atoms with E-state index in [1.54, 1.807) is 6.20 Å². The fraction of sp³-hybridized carbons (Fsp3) is 0.400. The van der Waals surface area contributed by atoms with E-state index in [1.165, 1.54) is 12.5 Å². The Labute approximate surface area is 149 Å². The minimum atomic E-state index is -0.0412. The molecule has 2 heterocycles. The standard InChI is InChI=1S/C20H25N3O2/c1-16(24)22-18-7-5-17(6-8-18)14-23-12-9-20(10-13-23)25-15-19-4-2-3-11-21-19/h2-8,11,20H,9-10,12-15H2,1H3,(H,22,24). The predicted octanol–water partition coefficient (Wildman–Crippen LogP) is 3.22. The lowest BCUT2D eigenvalue weighted by Crippen LogP contribution is -2.36. The number of pyridine rings is 1. The molecule has 2 aromatic rings. The Balaban J connectivity index is 1.41. The third-order valence-corrected chi connectivity index (χ3v) is 4.41. The van der Waals surface area contributed by atoms with Crippen molar-refractivity contribution >= 4 is 11.6 Å². The predicted molar refractivity (Wildman–Crippen MR) is 98.1 cm³/mol. The average molecular weight is 339 g/mol. The smallest absolute Gasteiger partial charge is 0.221 e. The average Bonchev–Trinajstić information content (AvgIpc) is 2.63. The van der Waals surface area contributed by atoms with Crippen LogP contribution in [-0.4, -0.2) is 35.0 Å². The Kier molecular flexibility index (Phi) is 6.14. The zero-order valence-corrected chi connectivity index (χ0v) is 14.6. The summed E-state index contributed by atoms with van der Waals surface area (Å²) in [4.78, 5) is 17.8. The maximum Gasteiger partial charge on any atom is 0.221 e. The Morgan fingerprint density at radius 2 is 1.96 bits per heavy atom. The third-order valence-electron chi connectivity index (χ3n) is 4.41. The molecule has 0 unspecified atom stereocenters. The molecule has 25 heavy (non-hydrogen) atoms. The molecule has 0 atom stereocenters. The van der Waals surface area contributed by atoms with Gasteiger partial charge in [0.15, 0.2) is 0 Å². The highest BCUT2D eigenvalue weighted by molar-refractivity contribution is 5.88. The maximum atomic E-state index is 11.1. The number of rotatable bonds is 6. The van der Waals surface area contributed by atoms with Crippen molar-refractivity contribution in [2.45, 2.75) is 39.0 Å². The minimum absolute atomic E-state index is 0.0412. The van der Waals surface area contributed by atoms with Crippen LogP contribution in [0.25, 0.3) is 0 Å². The van der Waals surface area contributed by atoms with Gasteiger partial charge < -0.3 is 10.1 Å². The van der Waals surface area contributed by atoms with Crippen LogP contribution in [0.1, 0.15) is 31.0 Å². The monoisotopic (exact) mass is 339 g/mol. The van der Waals surface area contributed by atoms with Crippen molar-refractivity contribution < 1.29 is 9.53 Å². The van der Waals surface area contributed by atoms with Crippen LogP contribution >= 0.6 is 0 Å². The molecule has 1 aromatic carbocycles. The van der Waals surface area contributed by atoms with Crippen molar-refractivity contribution in [1.29, 1.82) is 0 Å². The third kappa shape index (κ3) is 5.66. The highest BCUT2D eigenvalue weighted by Crippen LogP contribution is 2.18. The Morgan fingerprint density at radius 1 is 1.20 bits per heavy atom. The Morgan fingerprint density at radius 3 is 2.60 bits per heavy atom. The first kappa shape index (κ1) is 17.6. The summed E-state index contributed by atoms with van der Waals surface area (Å²) < 4.78 is 5.99. The summed E-state index contributed by atoms with van der Waals surface area (Å²) in [6, 6.07) is 14.0. The van der Waals surface area contributed by atoms with Crippen molar-refractivity contribution in [3.63, 3.8) is 0 Å². The second-order valence-corrected chi connectivity index (χ2v) is 6.49. The van der Waals surface area contributed by atoms with Gasteiger partial charge in [-0.15, -0.1) is 0 Å². The summed E-state index contributed by atoms with van der Waals surface area (Å²) in [7, 11) is 0. The van der Waals surface area contributed by atoms with E-state index in [1.807, 2.05) is 30.3 Å². The highest BCUT2D eigenvalue weighted by Gasteiger charge is 2.19. The summed E-state index contributed by atoms with van der Waals surface area (Å²) in [5.41, 5.74) is 3.10. The van der Waals surface area contributed by atoms with Gasteiger partial charge in [-0.2, -0.15) is 0 Å². The van der Waals surface area contributed by atoms with Crippen molar-refractivity contribution in [1.82, 2.24) is 9.88 Å². The van der Waals surface area contributed by atoms with E-state index in [-0.39, 0.29) is 5.91 Å². The van der Waals surface area contributed by atoms with Crippen LogP contribution < -0.4 is 5.32 Å². The number of likely N-dealkylation sites (tertiary alicyclic amines) is 1. The van der Waals surface area contributed by atoms with Crippen LogP contribution in [-0.2, 0) is 22.7 Å². The second-order valence-electron chi connectivity index (χ2n) is 6.49. The summed E-state index contributed by atoms with van der Waals surface area (Å²) in [5.74, 6) is -0.0412. The molecule has 132 valence electrons. The van der Waals surface area contributed by atoms with Gasteiger partial charge in [-0.1, -0.05) is 18.2 Å². The highest BCUT2D eigenvalue weighted by atomic mass is 16.5. The van der Waals surface area contributed by atoms with Gasteiger partial charge in [0.25, 0.3) is 0 Å². The number of carbonyl (C=O) groups is 1. The van der Waals surface area contributed by atoms with Gasteiger partial charge in [0.2, 0.25) is 5.91 Å². The van der Waals surface area contributed by atoms with Crippen LogP contribution in [0.5, 0.6) is 0 Å². The largest absolute Gasteiger partial charge is 0.372 e. The first-order chi connectivity index (χ1) is 12.2. The van der Waals surface area contributed by atoms with Gasteiger partial charge in [-0.3, -0.25) is 14.7 Å². The number of aromatic nitrogens is 1.